The Labute approximate surface area is 115 Å². The summed E-state index contributed by atoms with van der Waals surface area (Å²) in [7, 11) is 0. The van der Waals surface area contributed by atoms with Crippen molar-refractivity contribution in [3.05, 3.63) is 47.3 Å². The molecule has 0 aliphatic carbocycles. The Morgan fingerprint density at radius 2 is 2.05 bits per heavy atom. The number of aromatic nitrogens is 2. The number of aryl methyl sites for hydroxylation is 2. The lowest BCUT2D eigenvalue weighted by Crippen LogP contribution is -2.06. The zero-order valence-corrected chi connectivity index (χ0v) is 11.3. The van der Waals surface area contributed by atoms with Gasteiger partial charge in [-0.2, -0.15) is 18.3 Å². The van der Waals surface area contributed by atoms with Crippen LogP contribution in [0.3, 0.4) is 0 Å². The first kappa shape index (κ1) is 14.4. The lowest BCUT2D eigenvalue weighted by Gasteiger charge is -2.10. The molecule has 0 aliphatic rings. The van der Waals surface area contributed by atoms with E-state index >= 15 is 0 Å². The van der Waals surface area contributed by atoms with Crippen molar-refractivity contribution in [3.63, 3.8) is 0 Å². The van der Waals surface area contributed by atoms with Crippen molar-refractivity contribution in [1.82, 2.24) is 9.78 Å². The molecule has 2 aromatic rings. The molecule has 0 atom stereocenters. The number of nitrogens with zero attached hydrogens (tertiary/aromatic N) is 2. The van der Waals surface area contributed by atoms with Crippen LogP contribution in [0.15, 0.2) is 30.5 Å². The van der Waals surface area contributed by atoms with Crippen LogP contribution in [-0.2, 0) is 19.3 Å². The second-order valence-electron chi connectivity index (χ2n) is 4.53. The number of anilines is 1. The van der Waals surface area contributed by atoms with Gasteiger partial charge in [-0.15, -0.1) is 0 Å². The number of halogens is 3. The van der Waals surface area contributed by atoms with Crippen molar-refractivity contribution in [2.45, 2.75) is 33.1 Å². The minimum atomic E-state index is -4.32. The Bertz CT molecular complexity index is 588. The van der Waals surface area contributed by atoms with Crippen LogP contribution in [0.2, 0.25) is 0 Å². The molecule has 1 N–H and O–H groups in total. The van der Waals surface area contributed by atoms with Gasteiger partial charge in [0.1, 0.15) is 0 Å². The van der Waals surface area contributed by atoms with Gasteiger partial charge in [0.05, 0.1) is 11.3 Å². The monoisotopic (exact) mass is 283 g/mol. The molecule has 1 aromatic carbocycles. The molecule has 0 saturated carbocycles. The molecule has 108 valence electrons. The fourth-order valence-corrected chi connectivity index (χ4v) is 1.90. The molecule has 0 spiro atoms. The molecule has 6 heteroatoms. The zero-order chi connectivity index (χ0) is 14.8. The van der Waals surface area contributed by atoms with Crippen LogP contribution in [0.1, 0.15) is 23.7 Å². The van der Waals surface area contributed by atoms with Crippen molar-refractivity contribution >= 4 is 5.69 Å². The molecule has 0 amide bonds. The first-order valence-electron chi connectivity index (χ1n) is 6.34. The van der Waals surface area contributed by atoms with E-state index in [1.165, 1.54) is 6.07 Å². The Hall–Kier alpha value is -1.98. The average molecular weight is 283 g/mol. The highest BCUT2D eigenvalue weighted by Crippen LogP contribution is 2.30. The molecule has 1 heterocycles. The summed E-state index contributed by atoms with van der Waals surface area (Å²) in [6.07, 6.45) is -2.42. The molecule has 20 heavy (non-hydrogen) atoms. The van der Waals surface area contributed by atoms with E-state index in [4.69, 9.17) is 0 Å². The van der Waals surface area contributed by atoms with E-state index in [0.29, 0.717) is 12.2 Å². The van der Waals surface area contributed by atoms with Crippen LogP contribution in [0, 0.1) is 6.92 Å². The molecule has 0 radical (unpaired) electrons. The molecule has 0 fully saturated rings. The van der Waals surface area contributed by atoms with E-state index in [0.717, 1.165) is 29.9 Å². The second-order valence-corrected chi connectivity index (χ2v) is 4.53. The third-order valence-electron chi connectivity index (χ3n) is 3.04. The SMILES string of the molecule is CCn1cc(CNc2cccc(C(F)(F)F)c2)c(C)n1. The van der Waals surface area contributed by atoms with Gasteiger partial charge in [-0.3, -0.25) is 4.68 Å². The van der Waals surface area contributed by atoms with Crippen LogP contribution < -0.4 is 5.32 Å². The van der Waals surface area contributed by atoms with Gasteiger partial charge in [-0.1, -0.05) is 6.07 Å². The molecule has 0 aliphatic heterocycles. The van der Waals surface area contributed by atoms with Crippen molar-refractivity contribution in [3.8, 4) is 0 Å². The fourth-order valence-electron chi connectivity index (χ4n) is 1.90. The molecule has 0 saturated heterocycles. The van der Waals surface area contributed by atoms with E-state index in [2.05, 4.69) is 10.4 Å². The highest BCUT2D eigenvalue weighted by atomic mass is 19.4. The number of hydrogen-bond donors (Lipinski definition) is 1. The summed E-state index contributed by atoms with van der Waals surface area (Å²) in [4.78, 5) is 0. The Morgan fingerprint density at radius 3 is 2.65 bits per heavy atom. The fraction of sp³-hybridized carbons (Fsp3) is 0.357. The number of rotatable bonds is 4. The first-order valence-corrected chi connectivity index (χ1v) is 6.34. The molecule has 1 aromatic heterocycles. The molecule has 2 rings (SSSR count). The highest BCUT2D eigenvalue weighted by molar-refractivity contribution is 5.47. The summed E-state index contributed by atoms with van der Waals surface area (Å²) in [5.74, 6) is 0. The lowest BCUT2D eigenvalue weighted by molar-refractivity contribution is -0.137. The maximum absolute atomic E-state index is 12.6. The van der Waals surface area contributed by atoms with Gasteiger partial charge in [0.15, 0.2) is 0 Å². The number of alkyl halides is 3. The molecular weight excluding hydrogens is 267 g/mol. The normalized spacial score (nSPS) is 11.7. The molecule has 0 bridgehead atoms. The van der Waals surface area contributed by atoms with E-state index < -0.39 is 11.7 Å². The van der Waals surface area contributed by atoms with Crippen LogP contribution >= 0.6 is 0 Å². The van der Waals surface area contributed by atoms with Gasteiger partial charge >= 0.3 is 6.18 Å². The van der Waals surface area contributed by atoms with Gasteiger partial charge in [0, 0.05) is 30.5 Å². The van der Waals surface area contributed by atoms with E-state index in [9.17, 15) is 13.2 Å². The maximum atomic E-state index is 12.6. The highest BCUT2D eigenvalue weighted by Gasteiger charge is 2.30. The summed E-state index contributed by atoms with van der Waals surface area (Å²) < 4.78 is 39.6. The van der Waals surface area contributed by atoms with E-state index in [1.54, 1.807) is 10.7 Å². The van der Waals surface area contributed by atoms with Crippen LogP contribution in [0.5, 0.6) is 0 Å². The number of benzene rings is 1. The van der Waals surface area contributed by atoms with Gasteiger partial charge in [-0.05, 0) is 32.0 Å². The Balaban J connectivity index is 2.09. The lowest BCUT2D eigenvalue weighted by atomic mass is 10.2. The van der Waals surface area contributed by atoms with E-state index in [-0.39, 0.29) is 0 Å². The number of hydrogen-bond acceptors (Lipinski definition) is 2. The summed E-state index contributed by atoms with van der Waals surface area (Å²) in [5.41, 5.74) is 1.66. The predicted molar refractivity (Wildman–Crippen MR) is 71.4 cm³/mol. The third kappa shape index (κ3) is 3.31. The van der Waals surface area contributed by atoms with Gasteiger partial charge in [0.2, 0.25) is 0 Å². The topological polar surface area (TPSA) is 29.9 Å². The summed E-state index contributed by atoms with van der Waals surface area (Å²) in [6, 6.07) is 5.19. The van der Waals surface area contributed by atoms with Crippen LogP contribution in [0.25, 0.3) is 0 Å². The van der Waals surface area contributed by atoms with Crippen molar-refractivity contribution in [2.75, 3.05) is 5.32 Å². The quantitative estimate of drug-likeness (QED) is 0.923. The summed E-state index contributed by atoms with van der Waals surface area (Å²) in [5, 5.41) is 7.29. The second kappa shape index (κ2) is 5.56. The number of nitrogens with one attached hydrogen (secondary N) is 1. The smallest absolute Gasteiger partial charge is 0.381 e. The molecule has 3 nitrogen and oxygen atoms in total. The minimum Gasteiger partial charge on any atom is -0.381 e. The summed E-state index contributed by atoms with van der Waals surface area (Å²) in [6.45, 7) is 5.09. The van der Waals surface area contributed by atoms with Crippen LogP contribution in [-0.4, -0.2) is 9.78 Å². The van der Waals surface area contributed by atoms with Gasteiger partial charge < -0.3 is 5.32 Å². The molecular formula is C14H16F3N3. The van der Waals surface area contributed by atoms with Crippen molar-refractivity contribution < 1.29 is 13.2 Å². The van der Waals surface area contributed by atoms with Crippen molar-refractivity contribution in [1.29, 1.82) is 0 Å². The largest absolute Gasteiger partial charge is 0.416 e. The van der Waals surface area contributed by atoms with E-state index in [1.807, 2.05) is 20.0 Å². The Morgan fingerprint density at radius 1 is 1.30 bits per heavy atom. The predicted octanol–water partition coefficient (Wildman–Crippen LogP) is 3.84. The zero-order valence-electron chi connectivity index (χ0n) is 11.3. The minimum absolute atomic E-state index is 0.448. The summed E-state index contributed by atoms with van der Waals surface area (Å²) >= 11 is 0. The van der Waals surface area contributed by atoms with Crippen LogP contribution in [0.4, 0.5) is 18.9 Å². The van der Waals surface area contributed by atoms with Gasteiger partial charge in [0.25, 0.3) is 0 Å². The maximum Gasteiger partial charge on any atom is 0.416 e. The van der Waals surface area contributed by atoms with Gasteiger partial charge in [-0.25, -0.2) is 0 Å². The standard InChI is InChI=1S/C14H16F3N3/c1-3-20-9-11(10(2)19-20)8-18-13-6-4-5-12(7-13)14(15,16)17/h4-7,9,18H,3,8H2,1-2H3. The van der Waals surface area contributed by atoms with Crippen molar-refractivity contribution in [2.24, 2.45) is 0 Å². The first-order chi connectivity index (χ1) is 9.40. The Kier molecular flexibility index (Phi) is 4.01. The average Bonchev–Trinajstić information content (AvgIpc) is 2.76. The third-order valence-corrected chi connectivity index (χ3v) is 3.04. The molecule has 0 unspecified atom stereocenters.